The topological polar surface area (TPSA) is 24.1 Å². The van der Waals surface area contributed by atoms with Gasteiger partial charge in [0.15, 0.2) is 5.11 Å². The van der Waals surface area contributed by atoms with Crippen molar-refractivity contribution in [3.63, 3.8) is 0 Å². The normalized spacial score (nSPS) is 10.5. The van der Waals surface area contributed by atoms with Gasteiger partial charge in [0.1, 0.15) is 0 Å². The highest BCUT2D eigenvalue weighted by molar-refractivity contribution is 7.80. The first kappa shape index (κ1) is 14.8. The SMILES string of the molecule is Cc1cc(Cl)ccc1NC(=S)Nc1cccc2ccccc12. The Hall–Kier alpha value is -2.10. The summed E-state index contributed by atoms with van der Waals surface area (Å²) >= 11 is 11.4. The van der Waals surface area contributed by atoms with Crippen LogP contribution in [0.4, 0.5) is 11.4 Å². The summed E-state index contributed by atoms with van der Waals surface area (Å²) in [5, 5.41) is 10.1. The molecule has 0 bridgehead atoms. The molecule has 0 aliphatic rings. The summed E-state index contributed by atoms with van der Waals surface area (Å²) in [5.41, 5.74) is 2.99. The molecular weight excluding hydrogens is 312 g/mol. The van der Waals surface area contributed by atoms with Crippen LogP contribution in [0.3, 0.4) is 0 Å². The third-order valence-corrected chi connectivity index (χ3v) is 3.91. The lowest BCUT2D eigenvalue weighted by molar-refractivity contribution is 1.45. The first-order chi connectivity index (χ1) is 10.6. The van der Waals surface area contributed by atoms with E-state index in [0.29, 0.717) is 5.11 Å². The van der Waals surface area contributed by atoms with E-state index >= 15 is 0 Å². The van der Waals surface area contributed by atoms with E-state index in [0.717, 1.165) is 27.3 Å². The lowest BCUT2D eigenvalue weighted by Gasteiger charge is -2.14. The molecule has 0 unspecified atom stereocenters. The van der Waals surface area contributed by atoms with Crippen LogP contribution in [-0.2, 0) is 0 Å². The Morgan fingerprint density at radius 2 is 1.64 bits per heavy atom. The number of nitrogens with one attached hydrogen (secondary N) is 2. The van der Waals surface area contributed by atoms with Crippen LogP contribution in [0.2, 0.25) is 5.02 Å². The van der Waals surface area contributed by atoms with Gasteiger partial charge in [-0.25, -0.2) is 0 Å². The molecule has 0 atom stereocenters. The second-order valence-electron chi connectivity index (χ2n) is 5.07. The zero-order valence-electron chi connectivity index (χ0n) is 12.1. The van der Waals surface area contributed by atoms with Crippen LogP contribution < -0.4 is 10.6 Å². The molecule has 4 heteroatoms. The summed E-state index contributed by atoms with van der Waals surface area (Å²) in [6.07, 6.45) is 0. The Morgan fingerprint density at radius 1 is 0.909 bits per heavy atom. The largest absolute Gasteiger partial charge is 0.332 e. The van der Waals surface area contributed by atoms with Crippen molar-refractivity contribution in [2.24, 2.45) is 0 Å². The number of aryl methyl sites for hydroxylation is 1. The number of benzene rings is 3. The maximum Gasteiger partial charge on any atom is 0.175 e. The third kappa shape index (κ3) is 3.21. The summed E-state index contributed by atoms with van der Waals surface area (Å²) in [6.45, 7) is 1.99. The average molecular weight is 327 g/mol. The maximum absolute atomic E-state index is 5.97. The highest BCUT2D eigenvalue weighted by Crippen LogP contribution is 2.24. The van der Waals surface area contributed by atoms with Crippen LogP contribution in [0.1, 0.15) is 5.56 Å². The molecular formula is C18H15ClN2S. The van der Waals surface area contributed by atoms with Crippen molar-refractivity contribution in [2.45, 2.75) is 6.92 Å². The fourth-order valence-corrected chi connectivity index (χ4v) is 2.82. The van der Waals surface area contributed by atoms with E-state index < -0.39 is 0 Å². The fraction of sp³-hybridized carbons (Fsp3) is 0.0556. The minimum absolute atomic E-state index is 0.557. The third-order valence-electron chi connectivity index (χ3n) is 3.47. The zero-order valence-corrected chi connectivity index (χ0v) is 13.6. The van der Waals surface area contributed by atoms with Crippen molar-refractivity contribution in [1.29, 1.82) is 0 Å². The van der Waals surface area contributed by atoms with Crippen molar-refractivity contribution >= 4 is 51.1 Å². The molecule has 2 N–H and O–H groups in total. The molecule has 0 radical (unpaired) electrons. The summed E-state index contributed by atoms with van der Waals surface area (Å²) in [5.74, 6) is 0. The Kier molecular flexibility index (Phi) is 4.27. The minimum Gasteiger partial charge on any atom is -0.332 e. The highest BCUT2D eigenvalue weighted by atomic mass is 35.5. The van der Waals surface area contributed by atoms with Gasteiger partial charge < -0.3 is 10.6 Å². The Bertz CT molecular complexity index is 840. The Labute approximate surface area is 140 Å². The molecule has 0 aliphatic carbocycles. The van der Waals surface area contributed by atoms with E-state index in [1.807, 2.05) is 49.4 Å². The van der Waals surface area contributed by atoms with Gasteiger partial charge in [0.2, 0.25) is 0 Å². The van der Waals surface area contributed by atoms with Crippen molar-refractivity contribution < 1.29 is 0 Å². The highest BCUT2D eigenvalue weighted by Gasteiger charge is 2.05. The summed E-state index contributed by atoms with van der Waals surface area (Å²) in [6, 6.07) is 20.0. The first-order valence-corrected chi connectivity index (χ1v) is 7.74. The molecule has 0 fully saturated rings. The molecule has 0 heterocycles. The summed E-state index contributed by atoms with van der Waals surface area (Å²) in [4.78, 5) is 0. The van der Waals surface area contributed by atoms with E-state index in [1.54, 1.807) is 0 Å². The van der Waals surface area contributed by atoms with Crippen LogP contribution in [0.15, 0.2) is 60.7 Å². The molecule has 0 spiro atoms. The van der Waals surface area contributed by atoms with Crippen molar-refractivity contribution in [2.75, 3.05) is 10.6 Å². The number of halogens is 1. The van der Waals surface area contributed by atoms with Gasteiger partial charge in [0.05, 0.1) is 0 Å². The van der Waals surface area contributed by atoms with E-state index in [1.165, 1.54) is 5.39 Å². The first-order valence-electron chi connectivity index (χ1n) is 6.95. The number of anilines is 2. The molecule has 0 saturated heterocycles. The molecule has 3 aromatic carbocycles. The van der Waals surface area contributed by atoms with Gasteiger partial charge in [-0.3, -0.25) is 0 Å². The van der Waals surface area contributed by atoms with Crippen LogP contribution >= 0.6 is 23.8 Å². The molecule has 0 amide bonds. The van der Waals surface area contributed by atoms with E-state index in [2.05, 4.69) is 28.8 Å². The number of rotatable bonds is 2. The lowest BCUT2D eigenvalue weighted by Crippen LogP contribution is -2.19. The minimum atomic E-state index is 0.557. The van der Waals surface area contributed by atoms with Crippen molar-refractivity contribution in [3.8, 4) is 0 Å². The smallest absolute Gasteiger partial charge is 0.175 e. The van der Waals surface area contributed by atoms with Gasteiger partial charge in [-0.15, -0.1) is 0 Å². The van der Waals surface area contributed by atoms with Gasteiger partial charge in [0.25, 0.3) is 0 Å². The average Bonchev–Trinajstić information content (AvgIpc) is 2.50. The van der Waals surface area contributed by atoms with Crippen LogP contribution in [0.5, 0.6) is 0 Å². The van der Waals surface area contributed by atoms with E-state index in [-0.39, 0.29) is 0 Å². The van der Waals surface area contributed by atoms with Gasteiger partial charge >= 0.3 is 0 Å². The van der Waals surface area contributed by atoms with E-state index in [9.17, 15) is 0 Å². The molecule has 0 aliphatic heterocycles. The van der Waals surface area contributed by atoms with Crippen LogP contribution in [-0.4, -0.2) is 5.11 Å². The zero-order chi connectivity index (χ0) is 15.5. The molecule has 22 heavy (non-hydrogen) atoms. The number of hydrogen-bond donors (Lipinski definition) is 2. The number of fused-ring (bicyclic) bond motifs is 1. The second kappa shape index (κ2) is 6.34. The predicted octanol–water partition coefficient (Wildman–Crippen LogP) is 5.61. The molecule has 0 aromatic heterocycles. The molecule has 3 aromatic rings. The van der Waals surface area contributed by atoms with Crippen LogP contribution in [0.25, 0.3) is 10.8 Å². The Balaban J connectivity index is 1.81. The second-order valence-corrected chi connectivity index (χ2v) is 5.91. The maximum atomic E-state index is 5.97. The van der Waals surface area contributed by atoms with Gasteiger partial charge in [-0.1, -0.05) is 48.0 Å². The number of hydrogen-bond acceptors (Lipinski definition) is 1. The van der Waals surface area contributed by atoms with Gasteiger partial charge in [-0.2, -0.15) is 0 Å². The van der Waals surface area contributed by atoms with Gasteiger partial charge in [0, 0.05) is 21.8 Å². The van der Waals surface area contributed by atoms with Crippen molar-refractivity contribution in [1.82, 2.24) is 0 Å². The van der Waals surface area contributed by atoms with Crippen LogP contribution in [0, 0.1) is 6.92 Å². The number of thiocarbonyl (C=S) groups is 1. The Morgan fingerprint density at radius 3 is 2.45 bits per heavy atom. The molecule has 2 nitrogen and oxygen atoms in total. The molecule has 110 valence electrons. The van der Waals surface area contributed by atoms with E-state index in [4.69, 9.17) is 23.8 Å². The monoisotopic (exact) mass is 326 g/mol. The quantitative estimate of drug-likeness (QED) is 0.598. The lowest BCUT2D eigenvalue weighted by atomic mass is 10.1. The van der Waals surface area contributed by atoms with Crippen molar-refractivity contribution in [3.05, 3.63) is 71.2 Å². The standard InChI is InChI=1S/C18H15ClN2S/c1-12-11-14(19)9-10-16(12)20-18(22)21-17-8-4-6-13-5-2-3-7-15(13)17/h2-11H,1H3,(H2,20,21,22). The van der Waals surface area contributed by atoms with Gasteiger partial charge in [-0.05, 0) is 54.4 Å². The summed E-state index contributed by atoms with van der Waals surface area (Å²) < 4.78 is 0. The predicted molar refractivity (Wildman–Crippen MR) is 100.0 cm³/mol. The molecule has 0 saturated carbocycles. The summed E-state index contributed by atoms with van der Waals surface area (Å²) in [7, 11) is 0. The molecule has 3 rings (SSSR count). The fourth-order valence-electron chi connectivity index (χ4n) is 2.38.